The van der Waals surface area contributed by atoms with E-state index in [9.17, 15) is 0 Å². The van der Waals surface area contributed by atoms with Gasteiger partial charge >= 0.3 is 0 Å². The molecule has 0 bridgehead atoms. The first-order valence-electron chi connectivity index (χ1n) is 20.3. The maximum atomic E-state index is 2.39. The molecule has 276 valence electrons. The van der Waals surface area contributed by atoms with Gasteiger partial charge in [-0.2, -0.15) is 0 Å². The second kappa shape index (κ2) is 15.7. The minimum atomic E-state index is 0.301. The fourth-order valence-corrected chi connectivity index (χ4v) is 8.49. The van der Waals surface area contributed by atoms with Crippen molar-refractivity contribution in [2.75, 3.05) is 4.90 Å². The van der Waals surface area contributed by atoms with E-state index in [4.69, 9.17) is 0 Å². The summed E-state index contributed by atoms with van der Waals surface area (Å²) in [4.78, 5) is 2.36. The lowest BCUT2D eigenvalue weighted by atomic mass is 9.84. The number of nitrogens with zero attached hydrogens (tertiary/aromatic N) is 1. The Labute approximate surface area is 340 Å². The van der Waals surface area contributed by atoms with Crippen LogP contribution in [0.4, 0.5) is 17.1 Å². The summed E-state index contributed by atoms with van der Waals surface area (Å²) >= 11 is 0. The van der Waals surface area contributed by atoms with Gasteiger partial charge in [-0.3, -0.25) is 0 Å². The molecule has 10 aromatic rings. The van der Waals surface area contributed by atoms with E-state index in [0.29, 0.717) is 5.92 Å². The fraction of sp³-hybridized carbons (Fsp3) is 0.0526. The summed E-state index contributed by atoms with van der Waals surface area (Å²) in [5.74, 6) is 0.301. The van der Waals surface area contributed by atoms with Crippen LogP contribution < -0.4 is 4.90 Å². The van der Waals surface area contributed by atoms with Crippen LogP contribution in [-0.4, -0.2) is 0 Å². The zero-order valence-corrected chi connectivity index (χ0v) is 32.4. The van der Waals surface area contributed by atoms with Gasteiger partial charge in [0.2, 0.25) is 0 Å². The third-order valence-electron chi connectivity index (χ3n) is 11.7. The molecule has 0 atom stereocenters. The molecule has 0 unspecified atom stereocenters. The van der Waals surface area contributed by atoms with Crippen molar-refractivity contribution < 1.29 is 0 Å². The zero-order chi connectivity index (χ0) is 38.7. The zero-order valence-electron chi connectivity index (χ0n) is 32.4. The average molecular weight is 742 g/mol. The first-order valence-corrected chi connectivity index (χ1v) is 20.3. The molecule has 0 aliphatic rings. The minimum Gasteiger partial charge on any atom is -0.310 e. The quantitative estimate of drug-likeness (QED) is 0.126. The molecule has 0 amide bonds. The van der Waals surface area contributed by atoms with Crippen LogP contribution in [0, 0.1) is 0 Å². The first kappa shape index (κ1) is 35.2. The second-order valence-corrected chi connectivity index (χ2v) is 15.4. The van der Waals surface area contributed by atoms with Crippen LogP contribution in [0.1, 0.15) is 40.2 Å². The molecule has 58 heavy (non-hydrogen) atoms. The molecule has 0 radical (unpaired) electrons. The third kappa shape index (κ3) is 7.39. The largest absolute Gasteiger partial charge is 0.310 e. The van der Waals surface area contributed by atoms with E-state index >= 15 is 0 Å². The number of benzene rings is 10. The molecule has 10 aromatic carbocycles. The number of hydrogen-bond donors (Lipinski definition) is 0. The number of aryl methyl sites for hydroxylation is 1. The maximum absolute atomic E-state index is 2.39. The Morgan fingerprint density at radius 2 is 0.690 bits per heavy atom. The van der Waals surface area contributed by atoms with E-state index in [1.54, 1.807) is 0 Å². The molecule has 0 heterocycles. The first-order chi connectivity index (χ1) is 28.7. The molecular formula is C57H43N. The molecule has 0 saturated carbocycles. The maximum Gasteiger partial charge on any atom is 0.0468 e. The van der Waals surface area contributed by atoms with E-state index < -0.39 is 0 Å². The van der Waals surface area contributed by atoms with Crippen LogP contribution in [0.2, 0.25) is 0 Å². The Kier molecular flexibility index (Phi) is 9.55. The average Bonchev–Trinajstić information content (AvgIpc) is 3.29. The van der Waals surface area contributed by atoms with Crippen LogP contribution in [0.15, 0.2) is 218 Å². The van der Waals surface area contributed by atoms with Gasteiger partial charge in [0, 0.05) is 23.0 Å². The molecule has 0 spiro atoms. The summed E-state index contributed by atoms with van der Waals surface area (Å²) in [5, 5.41) is 10.1. The summed E-state index contributed by atoms with van der Waals surface area (Å²) in [6.07, 6.45) is 6.47. The van der Waals surface area contributed by atoms with Gasteiger partial charge in [0.25, 0.3) is 0 Å². The SMILES string of the molecule is C(=C\c1ccc(N(c2ccc3ccccc3c2)c2ccc3ccccc3c2)cc1)/c1ccc(CCC(c2ccc3ccccc3c2)c2ccc3ccccc3c2)cc1. The van der Waals surface area contributed by atoms with Crippen LogP contribution in [0.5, 0.6) is 0 Å². The van der Waals surface area contributed by atoms with E-state index in [0.717, 1.165) is 29.9 Å². The fourth-order valence-electron chi connectivity index (χ4n) is 8.49. The molecule has 0 aromatic heterocycles. The highest BCUT2D eigenvalue weighted by atomic mass is 15.1. The van der Waals surface area contributed by atoms with E-state index in [-0.39, 0.29) is 0 Å². The predicted octanol–water partition coefficient (Wildman–Crippen LogP) is 15.7. The number of fused-ring (bicyclic) bond motifs is 4. The van der Waals surface area contributed by atoms with Gasteiger partial charge in [-0.1, -0.05) is 194 Å². The van der Waals surface area contributed by atoms with Crippen molar-refractivity contribution in [3.05, 3.63) is 246 Å². The number of hydrogen-bond acceptors (Lipinski definition) is 1. The summed E-state index contributed by atoms with van der Waals surface area (Å²) in [5.41, 5.74) is 9.86. The van der Waals surface area contributed by atoms with Crippen molar-refractivity contribution in [2.45, 2.75) is 18.8 Å². The van der Waals surface area contributed by atoms with Gasteiger partial charge in [-0.25, -0.2) is 0 Å². The summed E-state index contributed by atoms with van der Waals surface area (Å²) in [6, 6.07) is 79.9. The topological polar surface area (TPSA) is 3.24 Å². The lowest BCUT2D eigenvalue weighted by molar-refractivity contribution is 0.717. The smallest absolute Gasteiger partial charge is 0.0468 e. The van der Waals surface area contributed by atoms with Crippen LogP contribution in [0.3, 0.4) is 0 Å². The van der Waals surface area contributed by atoms with E-state index in [1.165, 1.54) is 70.9 Å². The van der Waals surface area contributed by atoms with Crippen LogP contribution in [0.25, 0.3) is 55.2 Å². The summed E-state index contributed by atoms with van der Waals surface area (Å²) in [7, 11) is 0. The number of anilines is 3. The molecule has 0 N–H and O–H groups in total. The van der Waals surface area contributed by atoms with Crippen molar-refractivity contribution in [3.8, 4) is 0 Å². The predicted molar refractivity (Wildman–Crippen MR) is 250 cm³/mol. The van der Waals surface area contributed by atoms with Gasteiger partial charge in [0.1, 0.15) is 0 Å². The third-order valence-corrected chi connectivity index (χ3v) is 11.7. The number of rotatable bonds is 10. The Balaban J connectivity index is 0.876. The highest BCUT2D eigenvalue weighted by Crippen LogP contribution is 2.38. The standard InChI is InChI=1S/C57H43N/c1-5-13-48-37-52(28-26-44(48)9-1)57(53-29-27-45-10-2-6-14-49(45)38-53)36-25-42-20-17-41(18-21-42)19-22-43-23-32-54(33-24-43)58(55-34-30-46-11-3-7-15-50(46)39-55)56-35-31-47-12-4-8-16-51(47)40-56/h1-24,26-35,37-40,57H,25,36H2/b22-19+. The normalized spacial score (nSPS) is 11.7. The van der Waals surface area contributed by atoms with E-state index in [1.807, 2.05) is 0 Å². The Bertz CT molecular complexity index is 2910. The monoisotopic (exact) mass is 741 g/mol. The molecule has 1 nitrogen and oxygen atoms in total. The highest BCUT2D eigenvalue weighted by molar-refractivity contribution is 5.93. The van der Waals surface area contributed by atoms with Gasteiger partial charge in [0.15, 0.2) is 0 Å². The van der Waals surface area contributed by atoms with Gasteiger partial charge in [0.05, 0.1) is 0 Å². The van der Waals surface area contributed by atoms with Crippen molar-refractivity contribution in [1.82, 2.24) is 0 Å². The van der Waals surface area contributed by atoms with Crippen molar-refractivity contribution in [3.63, 3.8) is 0 Å². The van der Waals surface area contributed by atoms with Gasteiger partial charge in [-0.15, -0.1) is 0 Å². The Morgan fingerprint density at radius 3 is 1.14 bits per heavy atom. The van der Waals surface area contributed by atoms with Crippen molar-refractivity contribution >= 4 is 72.3 Å². The Morgan fingerprint density at radius 1 is 0.328 bits per heavy atom. The summed E-state index contributed by atoms with van der Waals surface area (Å²) in [6.45, 7) is 0. The second-order valence-electron chi connectivity index (χ2n) is 15.4. The van der Waals surface area contributed by atoms with Crippen molar-refractivity contribution in [1.29, 1.82) is 0 Å². The molecule has 0 fully saturated rings. The Hall–Kier alpha value is -7.22. The lowest BCUT2D eigenvalue weighted by Gasteiger charge is -2.26. The van der Waals surface area contributed by atoms with Gasteiger partial charge < -0.3 is 4.90 Å². The molecule has 1 heteroatoms. The molecule has 0 aliphatic carbocycles. The van der Waals surface area contributed by atoms with Crippen molar-refractivity contribution in [2.24, 2.45) is 0 Å². The van der Waals surface area contributed by atoms with E-state index in [2.05, 4.69) is 235 Å². The molecule has 10 rings (SSSR count). The van der Waals surface area contributed by atoms with Crippen LogP contribution in [-0.2, 0) is 6.42 Å². The molecule has 0 saturated heterocycles. The lowest BCUT2D eigenvalue weighted by Crippen LogP contribution is -2.09. The molecule has 0 aliphatic heterocycles. The highest BCUT2D eigenvalue weighted by Gasteiger charge is 2.17. The minimum absolute atomic E-state index is 0.301. The molecular weight excluding hydrogens is 699 g/mol. The van der Waals surface area contributed by atoms with Crippen LogP contribution >= 0.6 is 0 Å². The summed E-state index contributed by atoms with van der Waals surface area (Å²) < 4.78 is 0. The van der Waals surface area contributed by atoms with Gasteiger partial charge in [-0.05, 0) is 120 Å².